The van der Waals surface area contributed by atoms with Crippen LogP contribution in [0.2, 0.25) is 0 Å². The molecule has 0 fully saturated rings. The third-order valence-electron chi connectivity index (χ3n) is 5.15. The summed E-state index contributed by atoms with van der Waals surface area (Å²) in [6, 6.07) is 0. The number of carbonyl (C=O) groups is 1. The Morgan fingerprint density at radius 1 is 0.926 bits per heavy atom. The average molecular weight is 404 g/mol. The Morgan fingerprint density at radius 2 is 1.41 bits per heavy atom. The van der Waals surface area contributed by atoms with E-state index in [0.717, 1.165) is 32.1 Å². The minimum Gasteiger partial charge on any atom is -0.359 e. The molecule has 2 atom stereocenters. The number of allylic oxidation sites excluding steroid dienone is 2. The van der Waals surface area contributed by atoms with E-state index in [0.29, 0.717) is 6.42 Å². The zero-order valence-corrected chi connectivity index (χ0v) is 18.4. The highest BCUT2D eigenvalue weighted by atomic mass is 32.2. The van der Waals surface area contributed by atoms with E-state index < -0.39 is 21.3 Å². The van der Waals surface area contributed by atoms with Crippen molar-refractivity contribution in [2.45, 2.75) is 103 Å². The molecule has 0 rings (SSSR count). The third kappa shape index (κ3) is 13.9. The minimum atomic E-state index is -4.20. The van der Waals surface area contributed by atoms with E-state index in [9.17, 15) is 17.8 Å². The Hall–Kier alpha value is -0.880. The molecule has 0 aliphatic rings. The van der Waals surface area contributed by atoms with Crippen molar-refractivity contribution in [1.29, 1.82) is 0 Å². The van der Waals surface area contributed by atoms with Crippen molar-refractivity contribution >= 4 is 16.0 Å². The summed E-state index contributed by atoms with van der Waals surface area (Å²) in [7, 11) is -2.71. The lowest BCUT2D eigenvalue weighted by Crippen LogP contribution is -2.38. The quantitative estimate of drug-likeness (QED) is 0.197. The van der Waals surface area contributed by atoms with Gasteiger partial charge in [-0.25, -0.2) is 0 Å². The summed E-state index contributed by atoms with van der Waals surface area (Å²) in [6.07, 6.45) is 19.2. The first-order valence-electron chi connectivity index (χ1n) is 10.7. The number of hydrogen-bond donors (Lipinski definition) is 2. The highest BCUT2D eigenvalue weighted by Gasteiger charge is 2.32. The molecule has 2 unspecified atom stereocenters. The molecule has 0 aromatic carbocycles. The first kappa shape index (κ1) is 26.1. The van der Waals surface area contributed by atoms with E-state index in [-0.39, 0.29) is 5.91 Å². The van der Waals surface area contributed by atoms with E-state index in [1.165, 1.54) is 58.9 Å². The van der Waals surface area contributed by atoms with Crippen molar-refractivity contribution in [1.82, 2.24) is 5.32 Å². The molecule has 0 spiro atoms. The summed E-state index contributed by atoms with van der Waals surface area (Å²) in [4.78, 5) is 11.9. The van der Waals surface area contributed by atoms with Crippen molar-refractivity contribution in [2.24, 2.45) is 5.92 Å². The summed E-state index contributed by atoms with van der Waals surface area (Å²) in [5, 5.41) is 1.43. The standard InChI is InChI=1S/C21H41NO4S/c1-4-5-6-7-8-9-10-11-12-13-14-15-16-17-18-20(21(23)22-3)19(2)27(24,25)26/h11-12,19-20H,4-10,13-18H2,1-3H3,(H,22,23)(H,24,25,26)/b12-11-. The number of nitrogens with one attached hydrogen (secondary N) is 1. The van der Waals surface area contributed by atoms with Crippen LogP contribution in [0.5, 0.6) is 0 Å². The molecule has 160 valence electrons. The zero-order chi connectivity index (χ0) is 20.5. The van der Waals surface area contributed by atoms with Crippen LogP contribution in [0.25, 0.3) is 0 Å². The molecule has 0 aliphatic carbocycles. The van der Waals surface area contributed by atoms with Crippen molar-refractivity contribution in [3.8, 4) is 0 Å². The van der Waals surface area contributed by atoms with Gasteiger partial charge >= 0.3 is 0 Å². The molecular formula is C21H41NO4S. The zero-order valence-electron chi connectivity index (χ0n) is 17.6. The van der Waals surface area contributed by atoms with E-state index in [1.54, 1.807) is 0 Å². The topological polar surface area (TPSA) is 83.5 Å². The summed E-state index contributed by atoms with van der Waals surface area (Å²) in [5.41, 5.74) is 0. The molecule has 1 amide bonds. The SMILES string of the molecule is CCCCCCCC/C=C\CCCCCCC(C(=O)NC)C(C)S(=O)(=O)O. The van der Waals surface area contributed by atoms with E-state index in [1.807, 2.05) is 0 Å². The highest BCUT2D eigenvalue weighted by molar-refractivity contribution is 7.86. The van der Waals surface area contributed by atoms with Crippen molar-refractivity contribution < 1.29 is 17.8 Å². The molecule has 0 heterocycles. The lowest BCUT2D eigenvalue weighted by Gasteiger charge is -2.20. The first-order chi connectivity index (χ1) is 12.8. The summed E-state index contributed by atoms with van der Waals surface area (Å²) in [6.45, 7) is 3.63. The monoisotopic (exact) mass is 403 g/mol. The van der Waals surface area contributed by atoms with Crippen molar-refractivity contribution in [2.75, 3.05) is 7.05 Å². The van der Waals surface area contributed by atoms with Crippen LogP contribution in [0.4, 0.5) is 0 Å². The Labute approximate surface area is 167 Å². The predicted molar refractivity (Wildman–Crippen MR) is 113 cm³/mol. The minimum absolute atomic E-state index is 0.322. The van der Waals surface area contributed by atoms with Gasteiger partial charge in [0, 0.05) is 7.05 Å². The summed E-state index contributed by atoms with van der Waals surface area (Å²) in [5.74, 6) is -1.01. The van der Waals surface area contributed by atoms with Crippen LogP contribution < -0.4 is 5.32 Å². The number of rotatable bonds is 17. The fourth-order valence-electron chi connectivity index (χ4n) is 3.23. The van der Waals surface area contributed by atoms with Gasteiger partial charge in [-0.1, -0.05) is 70.4 Å². The van der Waals surface area contributed by atoms with Crippen LogP contribution in [-0.2, 0) is 14.9 Å². The fourth-order valence-corrected chi connectivity index (χ4v) is 3.91. The summed E-state index contributed by atoms with van der Waals surface area (Å²) < 4.78 is 31.8. The van der Waals surface area contributed by atoms with Gasteiger partial charge in [-0.2, -0.15) is 8.42 Å². The molecule has 0 saturated carbocycles. The van der Waals surface area contributed by atoms with Gasteiger partial charge < -0.3 is 5.32 Å². The van der Waals surface area contributed by atoms with Gasteiger partial charge in [-0.05, 0) is 39.0 Å². The van der Waals surface area contributed by atoms with Gasteiger partial charge in [-0.3, -0.25) is 9.35 Å². The van der Waals surface area contributed by atoms with E-state index in [4.69, 9.17) is 0 Å². The van der Waals surface area contributed by atoms with Gasteiger partial charge in [0.1, 0.15) is 0 Å². The van der Waals surface area contributed by atoms with Gasteiger partial charge in [0.2, 0.25) is 5.91 Å². The first-order valence-corrected chi connectivity index (χ1v) is 12.2. The van der Waals surface area contributed by atoms with Crippen LogP contribution in [0, 0.1) is 5.92 Å². The maximum absolute atomic E-state index is 11.9. The number of amides is 1. The largest absolute Gasteiger partial charge is 0.359 e. The molecule has 2 N–H and O–H groups in total. The Bertz CT molecular complexity index is 502. The molecule has 5 nitrogen and oxygen atoms in total. The molecule has 0 aliphatic heterocycles. The molecule has 0 radical (unpaired) electrons. The van der Waals surface area contributed by atoms with E-state index >= 15 is 0 Å². The second-order valence-corrected chi connectivity index (χ2v) is 9.23. The van der Waals surface area contributed by atoms with E-state index in [2.05, 4.69) is 24.4 Å². The van der Waals surface area contributed by atoms with Crippen LogP contribution in [0.3, 0.4) is 0 Å². The van der Waals surface area contributed by atoms with Gasteiger partial charge in [0.15, 0.2) is 0 Å². The predicted octanol–water partition coefficient (Wildman–Crippen LogP) is 5.27. The third-order valence-corrected chi connectivity index (χ3v) is 6.41. The average Bonchev–Trinajstić information content (AvgIpc) is 2.63. The molecule has 0 aromatic rings. The van der Waals surface area contributed by atoms with Crippen LogP contribution >= 0.6 is 0 Å². The molecular weight excluding hydrogens is 362 g/mol. The van der Waals surface area contributed by atoms with Crippen LogP contribution in [-0.4, -0.2) is 31.2 Å². The normalized spacial score (nSPS) is 14.4. The smallest absolute Gasteiger partial charge is 0.268 e. The molecule has 0 bridgehead atoms. The van der Waals surface area contributed by atoms with Gasteiger partial charge in [-0.15, -0.1) is 0 Å². The van der Waals surface area contributed by atoms with Crippen molar-refractivity contribution in [3.63, 3.8) is 0 Å². The number of unbranched alkanes of at least 4 members (excludes halogenated alkanes) is 10. The van der Waals surface area contributed by atoms with Crippen molar-refractivity contribution in [3.05, 3.63) is 12.2 Å². The Kier molecular flexibility index (Phi) is 15.6. The lowest BCUT2D eigenvalue weighted by molar-refractivity contribution is -0.124. The Morgan fingerprint density at radius 3 is 1.89 bits per heavy atom. The fraction of sp³-hybridized carbons (Fsp3) is 0.857. The lowest BCUT2D eigenvalue weighted by atomic mass is 9.96. The molecule has 0 aromatic heterocycles. The molecule has 27 heavy (non-hydrogen) atoms. The maximum Gasteiger partial charge on any atom is 0.268 e. The van der Waals surface area contributed by atoms with Gasteiger partial charge in [0.25, 0.3) is 10.1 Å². The molecule has 6 heteroatoms. The summed E-state index contributed by atoms with van der Waals surface area (Å²) >= 11 is 0. The van der Waals surface area contributed by atoms with Crippen LogP contribution in [0.15, 0.2) is 12.2 Å². The highest BCUT2D eigenvalue weighted by Crippen LogP contribution is 2.20. The molecule has 0 saturated heterocycles. The number of hydrogen-bond acceptors (Lipinski definition) is 3. The maximum atomic E-state index is 11.9. The second-order valence-electron chi connectivity index (χ2n) is 7.46. The Balaban J connectivity index is 3.79. The number of carbonyl (C=O) groups excluding carboxylic acids is 1. The van der Waals surface area contributed by atoms with Crippen LogP contribution in [0.1, 0.15) is 97.3 Å². The van der Waals surface area contributed by atoms with Gasteiger partial charge in [0.05, 0.1) is 11.2 Å². The second kappa shape index (κ2) is 16.1.